The molecule has 0 saturated carbocycles. The van der Waals surface area contributed by atoms with Gasteiger partial charge in [0.25, 0.3) is 5.56 Å². The standard InChI is InChI=1S/C14H8N2O2S/c17-11-7-12(18)16-13-9-4-2-1-3-8(9)5-6-10(13)19-14(16)15-11/h1-7,17H/p-1. The summed E-state index contributed by atoms with van der Waals surface area (Å²) in [6, 6.07) is 12.9. The van der Waals surface area contributed by atoms with E-state index < -0.39 is 5.88 Å². The number of hydrogen-bond donors (Lipinski definition) is 0. The largest absolute Gasteiger partial charge is 0.858 e. The van der Waals surface area contributed by atoms with E-state index in [1.54, 1.807) is 0 Å². The van der Waals surface area contributed by atoms with Gasteiger partial charge in [-0.15, -0.1) is 0 Å². The SMILES string of the molecule is O=c1cc([O-])nc2sc3ccc4ccccc4c3n12. The van der Waals surface area contributed by atoms with Crippen molar-refractivity contribution in [2.45, 2.75) is 0 Å². The van der Waals surface area contributed by atoms with E-state index in [4.69, 9.17) is 0 Å². The fourth-order valence-corrected chi connectivity index (χ4v) is 3.40. The van der Waals surface area contributed by atoms with Gasteiger partial charge in [-0.05, 0) is 17.3 Å². The number of fused-ring (bicyclic) bond motifs is 5. The van der Waals surface area contributed by atoms with Crippen molar-refractivity contribution in [3.05, 3.63) is 52.8 Å². The molecule has 0 N–H and O–H groups in total. The van der Waals surface area contributed by atoms with Crippen LogP contribution in [0.25, 0.3) is 25.9 Å². The summed E-state index contributed by atoms with van der Waals surface area (Å²) in [7, 11) is 0. The van der Waals surface area contributed by atoms with Gasteiger partial charge in [0, 0.05) is 11.5 Å². The lowest BCUT2D eigenvalue weighted by molar-refractivity contribution is -0.274. The van der Waals surface area contributed by atoms with E-state index in [2.05, 4.69) is 4.98 Å². The lowest BCUT2D eigenvalue weighted by atomic mass is 10.1. The highest BCUT2D eigenvalue weighted by molar-refractivity contribution is 7.23. The molecule has 0 bridgehead atoms. The minimum absolute atomic E-state index is 0.322. The lowest BCUT2D eigenvalue weighted by Crippen LogP contribution is -2.13. The van der Waals surface area contributed by atoms with Crippen LogP contribution in [0.15, 0.2) is 47.3 Å². The van der Waals surface area contributed by atoms with Crippen LogP contribution in [-0.4, -0.2) is 9.38 Å². The molecule has 0 unspecified atom stereocenters. The molecule has 92 valence electrons. The zero-order valence-electron chi connectivity index (χ0n) is 9.66. The summed E-state index contributed by atoms with van der Waals surface area (Å²) in [6.45, 7) is 0. The maximum Gasteiger partial charge on any atom is 0.258 e. The highest BCUT2D eigenvalue weighted by Crippen LogP contribution is 2.30. The molecule has 0 atom stereocenters. The van der Waals surface area contributed by atoms with Gasteiger partial charge in [-0.3, -0.25) is 9.20 Å². The van der Waals surface area contributed by atoms with Crippen LogP contribution in [0.2, 0.25) is 0 Å². The second kappa shape index (κ2) is 3.55. The number of thiazole rings is 1. The van der Waals surface area contributed by atoms with Crippen LogP contribution in [0.4, 0.5) is 0 Å². The van der Waals surface area contributed by atoms with E-state index >= 15 is 0 Å². The number of aromatic nitrogens is 2. The molecule has 5 heteroatoms. The molecule has 0 fully saturated rings. The average Bonchev–Trinajstić information content (AvgIpc) is 2.77. The quantitative estimate of drug-likeness (QED) is 0.490. The Bertz CT molecular complexity index is 1000. The molecule has 4 aromatic rings. The van der Waals surface area contributed by atoms with Crippen molar-refractivity contribution in [2.24, 2.45) is 0 Å². The monoisotopic (exact) mass is 267 g/mol. The molecule has 0 radical (unpaired) electrons. The molecule has 4 rings (SSSR count). The van der Waals surface area contributed by atoms with Crippen LogP contribution in [0.3, 0.4) is 0 Å². The minimum Gasteiger partial charge on any atom is -0.858 e. The summed E-state index contributed by atoms with van der Waals surface area (Å²) in [4.78, 5) is 16.4. The number of rotatable bonds is 0. The van der Waals surface area contributed by atoms with Crippen molar-refractivity contribution >= 4 is 37.3 Å². The summed E-state index contributed by atoms with van der Waals surface area (Å²) in [6.07, 6.45) is 0. The van der Waals surface area contributed by atoms with Crippen LogP contribution in [-0.2, 0) is 0 Å². The van der Waals surface area contributed by atoms with Gasteiger partial charge in [-0.25, -0.2) is 4.98 Å². The van der Waals surface area contributed by atoms with Crippen molar-refractivity contribution in [3.8, 4) is 5.88 Å². The summed E-state index contributed by atoms with van der Waals surface area (Å²) in [5.74, 6) is -0.485. The average molecular weight is 267 g/mol. The van der Waals surface area contributed by atoms with Gasteiger partial charge >= 0.3 is 0 Å². The number of benzene rings is 2. The fraction of sp³-hybridized carbons (Fsp3) is 0. The van der Waals surface area contributed by atoms with Gasteiger partial charge in [-0.2, -0.15) is 0 Å². The first-order valence-corrected chi connectivity index (χ1v) is 6.57. The van der Waals surface area contributed by atoms with Gasteiger partial charge in [0.2, 0.25) is 0 Å². The Morgan fingerprint density at radius 3 is 2.89 bits per heavy atom. The first-order chi connectivity index (χ1) is 9.24. The molecule has 19 heavy (non-hydrogen) atoms. The van der Waals surface area contributed by atoms with E-state index in [-0.39, 0.29) is 5.56 Å². The van der Waals surface area contributed by atoms with Crippen LogP contribution >= 0.6 is 11.3 Å². The molecule has 2 aromatic heterocycles. The molecule has 0 aliphatic heterocycles. The molecular formula is C14H7N2O2S-. The van der Waals surface area contributed by atoms with Gasteiger partial charge < -0.3 is 5.11 Å². The highest BCUT2D eigenvalue weighted by atomic mass is 32.1. The van der Waals surface area contributed by atoms with Gasteiger partial charge in [-0.1, -0.05) is 41.7 Å². The van der Waals surface area contributed by atoms with Crippen molar-refractivity contribution in [3.63, 3.8) is 0 Å². The second-order valence-electron chi connectivity index (χ2n) is 4.29. The third kappa shape index (κ3) is 1.39. The first-order valence-electron chi connectivity index (χ1n) is 5.75. The molecule has 2 heterocycles. The Labute approximate surface area is 111 Å². The van der Waals surface area contributed by atoms with E-state index in [1.807, 2.05) is 36.4 Å². The zero-order valence-corrected chi connectivity index (χ0v) is 10.5. The van der Waals surface area contributed by atoms with Gasteiger partial charge in [0.1, 0.15) is 0 Å². The molecular weight excluding hydrogens is 260 g/mol. The topological polar surface area (TPSA) is 57.4 Å². The Kier molecular flexibility index (Phi) is 1.97. The minimum atomic E-state index is -0.485. The van der Waals surface area contributed by atoms with Crippen molar-refractivity contribution in [1.82, 2.24) is 9.38 Å². The van der Waals surface area contributed by atoms with E-state index in [9.17, 15) is 9.90 Å². The molecule has 0 aliphatic rings. The van der Waals surface area contributed by atoms with Crippen LogP contribution in [0, 0.1) is 0 Å². The summed E-state index contributed by atoms with van der Waals surface area (Å²) >= 11 is 1.36. The Morgan fingerprint density at radius 2 is 2.00 bits per heavy atom. The summed E-state index contributed by atoms with van der Waals surface area (Å²) < 4.78 is 2.47. The molecule has 0 amide bonds. The summed E-state index contributed by atoms with van der Waals surface area (Å²) in [5, 5.41) is 13.4. The second-order valence-corrected chi connectivity index (χ2v) is 5.30. The maximum absolute atomic E-state index is 12.0. The van der Waals surface area contributed by atoms with E-state index in [1.165, 1.54) is 15.7 Å². The van der Waals surface area contributed by atoms with E-state index in [0.717, 1.165) is 27.1 Å². The van der Waals surface area contributed by atoms with Crippen LogP contribution < -0.4 is 10.7 Å². The predicted molar refractivity (Wildman–Crippen MR) is 73.8 cm³/mol. The van der Waals surface area contributed by atoms with Crippen LogP contribution in [0.1, 0.15) is 0 Å². The van der Waals surface area contributed by atoms with Crippen molar-refractivity contribution in [1.29, 1.82) is 0 Å². The Morgan fingerprint density at radius 1 is 1.16 bits per heavy atom. The number of hydrogen-bond acceptors (Lipinski definition) is 4. The predicted octanol–water partition coefficient (Wildman–Crippen LogP) is 2.14. The molecule has 0 saturated heterocycles. The van der Waals surface area contributed by atoms with E-state index in [0.29, 0.717) is 4.96 Å². The fourth-order valence-electron chi connectivity index (χ4n) is 2.36. The normalized spacial score (nSPS) is 11.6. The third-order valence-corrected chi connectivity index (χ3v) is 4.16. The Balaban J connectivity index is 2.39. The van der Waals surface area contributed by atoms with Crippen molar-refractivity contribution < 1.29 is 5.11 Å². The Hall–Kier alpha value is -2.40. The van der Waals surface area contributed by atoms with Crippen molar-refractivity contribution in [2.75, 3.05) is 0 Å². The number of nitrogens with zero attached hydrogens (tertiary/aromatic N) is 2. The van der Waals surface area contributed by atoms with Gasteiger partial charge in [0.05, 0.1) is 10.2 Å². The molecule has 4 nitrogen and oxygen atoms in total. The maximum atomic E-state index is 12.0. The smallest absolute Gasteiger partial charge is 0.258 e. The van der Waals surface area contributed by atoms with Gasteiger partial charge in [0.15, 0.2) is 4.96 Å². The first kappa shape index (κ1) is 10.5. The highest BCUT2D eigenvalue weighted by Gasteiger charge is 2.10. The molecule has 2 aromatic carbocycles. The molecule has 0 aliphatic carbocycles. The lowest BCUT2D eigenvalue weighted by Gasteiger charge is -2.03. The zero-order chi connectivity index (χ0) is 13.0. The third-order valence-electron chi connectivity index (χ3n) is 3.15. The molecule has 0 spiro atoms. The summed E-state index contributed by atoms with van der Waals surface area (Å²) in [5.41, 5.74) is 0.508. The van der Waals surface area contributed by atoms with Crippen LogP contribution in [0.5, 0.6) is 5.88 Å².